The lowest BCUT2D eigenvalue weighted by atomic mass is 10.1. The Hall–Kier alpha value is -3.75. The molecule has 13 heteroatoms. The zero-order valence-corrected chi connectivity index (χ0v) is 27.2. The Labute approximate surface area is 264 Å². The van der Waals surface area contributed by atoms with Gasteiger partial charge >= 0.3 is 0 Å². The summed E-state index contributed by atoms with van der Waals surface area (Å²) >= 11 is 0. The van der Waals surface area contributed by atoms with Gasteiger partial charge in [-0.25, -0.2) is 25.3 Å². The third kappa shape index (κ3) is 7.23. The number of sulfonamides is 2. The van der Waals surface area contributed by atoms with E-state index >= 15 is 0 Å². The number of benzene rings is 4. The van der Waals surface area contributed by atoms with E-state index in [2.05, 4.69) is 0 Å². The van der Waals surface area contributed by atoms with Crippen LogP contribution in [0.1, 0.15) is 11.1 Å². The molecule has 0 radical (unpaired) electrons. The first kappa shape index (κ1) is 32.6. The Kier molecular flexibility index (Phi) is 9.65. The van der Waals surface area contributed by atoms with Gasteiger partial charge < -0.3 is 9.47 Å². The van der Waals surface area contributed by atoms with Crippen molar-refractivity contribution in [3.63, 3.8) is 0 Å². The molecule has 0 N–H and O–H groups in total. The molecule has 10 nitrogen and oxygen atoms in total. The second kappa shape index (κ2) is 13.3. The van der Waals surface area contributed by atoms with Crippen LogP contribution in [0, 0.1) is 0 Å². The number of nitrogens with zero attached hydrogens (tertiary/aromatic N) is 2. The number of hydrogen-bond acceptors (Lipinski definition) is 8. The predicted octanol–water partition coefficient (Wildman–Crippen LogP) is 3.95. The highest BCUT2D eigenvalue weighted by Crippen LogP contribution is 2.34. The average molecular weight is 671 g/mol. The normalized spacial score (nSPS) is 18.2. The molecule has 1 aliphatic rings. The average Bonchev–Trinajstić information content (AvgIpc) is 3.37. The Morgan fingerprint density at radius 1 is 0.578 bits per heavy atom. The van der Waals surface area contributed by atoms with Crippen molar-refractivity contribution in [1.29, 1.82) is 0 Å². The summed E-state index contributed by atoms with van der Waals surface area (Å²) in [6.45, 7) is -0.346. The molecular weight excluding hydrogens is 637 g/mol. The molecule has 1 saturated heterocycles. The molecule has 0 aliphatic carbocycles. The van der Waals surface area contributed by atoms with Crippen molar-refractivity contribution in [3.8, 4) is 11.5 Å². The number of hydrogen-bond donors (Lipinski definition) is 0. The maximum absolute atomic E-state index is 14.4. The van der Waals surface area contributed by atoms with Gasteiger partial charge in [-0.05, 0) is 59.7 Å². The SMILES string of the molecule is COc1ccc(S(=O)(=O)N(Cc2ccccc2)[C@@H]2CS(=O)(=O)C[C@@H]2N(Cc2ccccc2)S(=O)(=O)c2ccc(OC)cc2)cc1. The second-order valence-corrected chi connectivity index (χ2v) is 16.6. The van der Waals surface area contributed by atoms with E-state index in [4.69, 9.17) is 9.47 Å². The van der Waals surface area contributed by atoms with E-state index in [9.17, 15) is 25.3 Å². The van der Waals surface area contributed by atoms with Gasteiger partial charge in [-0.2, -0.15) is 8.61 Å². The third-order valence-electron chi connectivity index (χ3n) is 7.73. The standard InChI is InChI=1S/C32H34N2O8S3/c1-41-27-13-17-29(18-14-27)44(37,38)33(21-25-9-5-3-6-10-25)31-23-43(35,36)24-32(31)34(22-26-11-7-4-8-12-26)45(39,40)30-19-15-28(42-2)16-20-30/h3-20,31-32H,21-24H2,1-2H3/t31-,32+. The first-order valence-corrected chi connectivity index (χ1v) is 18.7. The van der Waals surface area contributed by atoms with Gasteiger partial charge in [0.1, 0.15) is 11.5 Å². The van der Waals surface area contributed by atoms with E-state index in [0.717, 1.165) is 8.61 Å². The number of ether oxygens (including phenoxy) is 2. The highest BCUT2D eigenvalue weighted by Gasteiger charge is 2.50. The Morgan fingerprint density at radius 3 is 1.22 bits per heavy atom. The van der Waals surface area contributed by atoms with Gasteiger partial charge in [-0.3, -0.25) is 0 Å². The van der Waals surface area contributed by atoms with Crippen LogP contribution >= 0.6 is 0 Å². The molecule has 0 unspecified atom stereocenters. The monoisotopic (exact) mass is 670 g/mol. The molecule has 1 fully saturated rings. The Bertz CT molecular complexity index is 1780. The van der Waals surface area contributed by atoms with Gasteiger partial charge in [0.2, 0.25) is 20.0 Å². The third-order valence-corrected chi connectivity index (χ3v) is 13.2. The molecule has 0 saturated carbocycles. The molecule has 0 spiro atoms. The van der Waals surface area contributed by atoms with E-state index in [1.54, 1.807) is 60.7 Å². The van der Waals surface area contributed by atoms with Crippen molar-refractivity contribution < 1.29 is 34.7 Å². The molecule has 5 rings (SSSR count). The molecule has 4 aromatic rings. The van der Waals surface area contributed by atoms with Gasteiger partial charge in [0.15, 0.2) is 9.84 Å². The lowest BCUT2D eigenvalue weighted by Crippen LogP contribution is -2.54. The molecule has 238 valence electrons. The van der Waals surface area contributed by atoms with Crippen LogP contribution in [0.2, 0.25) is 0 Å². The summed E-state index contributed by atoms with van der Waals surface area (Å²) in [5.74, 6) is -0.207. The minimum absolute atomic E-state index is 0.0742. The van der Waals surface area contributed by atoms with E-state index in [-0.39, 0.29) is 22.9 Å². The van der Waals surface area contributed by atoms with Crippen molar-refractivity contribution in [2.75, 3.05) is 25.7 Å². The summed E-state index contributed by atoms with van der Waals surface area (Å²) in [5.41, 5.74) is 1.23. The molecule has 0 aromatic heterocycles. The summed E-state index contributed by atoms with van der Waals surface area (Å²) in [4.78, 5) is -0.148. The Morgan fingerprint density at radius 2 is 0.911 bits per heavy atom. The second-order valence-electron chi connectivity index (χ2n) is 10.6. The Balaban J connectivity index is 1.66. The minimum atomic E-state index is -4.34. The molecule has 4 aromatic carbocycles. The van der Waals surface area contributed by atoms with Crippen LogP contribution < -0.4 is 9.47 Å². The summed E-state index contributed by atoms with van der Waals surface area (Å²) in [6, 6.07) is 26.7. The van der Waals surface area contributed by atoms with Gasteiger partial charge in [0.25, 0.3) is 0 Å². The number of rotatable bonds is 12. The van der Waals surface area contributed by atoms with E-state index in [1.165, 1.54) is 62.8 Å². The van der Waals surface area contributed by atoms with Gasteiger partial charge in [0, 0.05) is 13.1 Å². The molecule has 0 amide bonds. The molecule has 1 aliphatic heterocycles. The fraction of sp³-hybridized carbons (Fsp3) is 0.250. The van der Waals surface area contributed by atoms with Crippen LogP contribution in [-0.2, 0) is 43.0 Å². The quantitative estimate of drug-likeness (QED) is 0.222. The van der Waals surface area contributed by atoms with Crippen LogP contribution in [0.25, 0.3) is 0 Å². The molecule has 2 atom stereocenters. The lowest BCUT2D eigenvalue weighted by molar-refractivity contribution is 0.219. The zero-order chi connectivity index (χ0) is 32.2. The van der Waals surface area contributed by atoms with Crippen LogP contribution in [0.15, 0.2) is 119 Å². The van der Waals surface area contributed by atoms with E-state index in [0.29, 0.717) is 22.6 Å². The van der Waals surface area contributed by atoms with Crippen LogP contribution in [-0.4, -0.2) is 71.7 Å². The number of sulfone groups is 1. The smallest absolute Gasteiger partial charge is 0.243 e. The molecule has 0 bridgehead atoms. The summed E-state index contributed by atoms with van der Waals surface area (Å²) in [5, 5.41) is 0. The summed E-state index contributed by atoms with van der Waals surface area (Å²) in [6.07, 6.45) is 0. The highest BCUT2D eigenvalue weighted by atomic mass is 32.2. The topological polar surface area (TPSA) is 127 Å². The van der Waals surface area contributed by atoms with Gasteiger partial charge in [-0.15, -0.1) is 0 Å². The largest absolute Gasteiger partial charge is 0.497 e. The zero-order valence-electron chi connectivity index (χ0n) is 24.8. The molecular formula is C32H34N2O8S3. The van der Waals surface area contributed by atoms with Crippen LogP contribution in [0.5, 0.6) is 11.5 Å². The van der Waals surface area contributed by atoms with Gasteiger partial charge in [0.05, 0.1) is 47.6 Å². The summed E-state index contributed by atoms with van der Waals surface area (Å²) in [7, 11) is -9.64. The first-order chi connectivity index (χ1) is 21.4. The maximum atomic E-state index is 14.4. The van der Waals surface area contributed by atoms with Crippen molar-refractivity contribution >= 4 is 29.9 Å². The maximum Gasteiger partial charge on any atom is 0.243 e. The van der Waals surface area contributed by atoms with Crippen molar-refractivity contribution in [2.24, 2.45) is 0 Å². The van der Waals surface area contributed by atoms with Crippen molar-refractivity contribution in [2.45, 2.75) is 35.0 Å². The van der Waals surface area contributed by atoms with E-state index < -0.39 is 53.5 Å². The lowest BCUT2D eigenvalue weighted by Gasteiger charge is -2.36. The van der Waals surface area contributed by atoms with Crippen LogP contribution in [0.3, 0.4) is 0 Å². The van der Waals surface area contributed by atoms with E-state index in [1.807, 2.05) is 0 Å². The summed E-state index contributed by atoms with van der Waals surface area (Å²) < 4.78 is 96.8. The predicted molar refractivity (Wildman–Crippen MR) is 171 cm³/mol. The fourth-order valence-electron chi connectivity index (χ4n) is 5.41. The molecule has 1 heterocycles. The fourth-order valence-corrected chi connectivity index (χ4v) is 10.9. The number of methoxy groups -OCH3 is 2. The molecule has 45 heavy (non-hydrogen) atoms. The first-order valence-electron chi connectivity index (χ1n) is 14.0. The highest BCUT2D eigenvalue weighted by molar-refractivity contribution is 7.92. The minimum Gasteiger partial charge on any atom is -0.497 e. The van der Waals surface area contributed by atoms with Crippen molar-refractivity contribution in [3.05, 3.63) is 120 Å². The van der Waals surface area contributed by atoms with Crippen LogP contribution in [0.4, 0.5) is 0 Å². The van der Waals surface area contributed by atoms with Crippen molar-refractivity contribution in [1.82, 2.24) is 8.61 Å². The van der Waals surface area contributed by atoms with Gasteiger partial charge in [-0.1, -0.05) is 60.7 Å².